The van der Waals surface area contributed by atoms with Gasteiger partial charge in [-0.1, -0.05) is 25.1 Å². The molecule has 0 amide bonds. The standard InChI is InChI=1S/C15H20O3/c1-4-12(3)18-15(16)11-10-13-8-6-7-9-14(13)17-5-2/h6-12H,4-5H2,1-3H3/b11-10+. The minimum Gasteiger partial charge on any atom is -0.493 e. The topological polar surface area (TPSA) is 35.5 Å². The van der Waals surface area contributed by atoms with E-state index in [1.54, 1.807) is 6.08 Å². The lowest BCUT2D eigenvalue weighted by Crippen LogP contribution is -2.11. The van der Waals surface area contributed by atoms with Crippen molar-refractivity contribution in [2.24, 2.45) is 0 Å². The van der Waals surface area contributed by atoms with Crippen LogP contribution in [0.2, 0.25) is 0 Å². The molecule has 1 atom stereocenters. The summed E-state index contributed by atoms with van der Waals surface area (Å²) in [5.41, 5.74) is 0.875. The Bertz CT molecular complexity index is 410. The van der Waals surface area contributed by atoms with Crippen molar-refractivity contribution in [1.82, 2.24) is 0 Å². The van der Waals surface area contributed by atoms with Crippen molar-refractivity contribution in [3.63, 3.8) is 0 Å². The largest absolute Gasteiger partial charge is 0.493 e. The molecule has 0 saturated carbocycles. The van der Waals surface area contributed by atoms with Gasteiger partial charge in [0.1, 0.15) is 5.75 Å². The molecule has 0 radical (unpaired) electrons. The van der Waals surface area contributed by atoms with Crippen molar-refractivity contribution in [2.45, 2.75) is 33.3 Å². The molecule has 0 aliphatic rings. The zero-order valence-corrected chi connectivity index (χ0v) is 11.2. The number of ether oxygens (including phenoxy) is 2. The SMILES string of the molecule is CCOc1ccccc1/C=C/C(=O)OC(C)CC. The summed E-state index contributed by atoms with van der Waals surface area (Å²) in [5.74, 6) is 0.447. The minimum atomic E-state index is -0.323. The number of rotatable bonds is 6. The highest BCUT2D eigenvalue weighted by Gasteiger charge is 2.04. The average Bonchev–Trinajstić information content (AvgIpc) is 2.38. The molecule has 1 aromatic carbocycles. The summed E-state index contributed by atoms with van der Waals surface area (Å²) in [5, 5.41) is 0. The highest BCUT2D eigenvalue weighted by molar-refractivity contribution is 5.87. The molecule has 1 unspecified atom stereocenters. The Labute approximate surface area is 108 Å². The van der Waals surface area contributed by atoms with Crippen LogP contribution in [0.4, 0.5) is 0 Å². The molecule has 0 saturated heterocycles. The smallest absolute Gasteiger partial charge is 0.331 e. The van der Waals surface area contributed by atoms with Gasteiger partial charge in [-0.25, -0.2) is 4.79 Å². The molecule has 0 spiro atoms. The molecule has 0 aliphatic heterocycles. The summed E-state index contributed by atoms with van der Waals surface area (Å²) in [4.78, 5) is 11.5. The fourth-order valence-corrected chi connectivity index (χ4v) is 1.38. The van der Waals surface area contributed by atoms with Crippen LogP contribution in [0, 0.1) is 0 Å². The van der Waals surface area contributed by atoms with Crippen LogP contribution in [-0.2, 0) is 9.53 Å². The zero-order chi connectivity index (χ0) is 13.4. The predicted molar refractivity (Wildman–Crippen MR) is 72.5 cm³/mol. The number of esters is 1. The quantitative estimate of drug-likeness (QED) is 0.571. The van der Waals surface area contributed by atoms with E-state index < -0.39 is 0 Å². The molecule has 0 heterocycles. The maximum absolute atomic E-state index is 11.5. The molecule has 18 heavy (non-hydrogen) atoms. The van der Waals surface area contributed by atoms with Gasteiger partial charge < -0.3 is 9.47 Å². The summed E-state index contributed by atoms with van der Waals surface area (Å²) >= 11 is 0. The highest BCUT2D eigenvalue weighted by atomic mass is 16.5. The van der Waals surface area contributed by atoms with E-state index in [1.807, 2.05) is 45.0 Å². The van der Waals surface area contributed by atoms with Gasteiger partial charge in [-0.15, -0.1) is 0 Å². The van der Waals surface area contributed by atoms with E-state index >= 15 is 0 Å². The Kier molecular flexibility index (Phi) is 5.98. The first-order valence-electron chi connectivity index (χ1n) is 6.27. The Hall–Kier alpha value is -1.77. The van der Waals surface area contributed by atoms with Crippen LogP contribution in [0.1, 0.15) is 32.8 Å². The van der Waals surface area contributed by atoms with Gasteiger partial charge in [0.05, 0.1) is 12.7 Å². The first-order chi connectivity index (χ1) is 8.67. The van der Waals surface area contributed by atoms with Crippen molar-refractivity contribution >= 4 is 12.0 Å². The normalized spacial score (nSPS) is 12.4. The van der Waals surface area contributed by atoms with Crippen LogP contribution in [0.15, 0.2) is 30.3 Å². The lowest BCUT2D eigenvalue weighted by molar-refractivity contribution is -0.142. The van der Waals surface area contributed by atoms with Gasteiger partial charge in [-0.2, -0.15) is 0 Å². The second-order valence-corrected chi connectivity index (χ2v) is 3.96. The maximum atomic E-state index is 11.5. The Morgan fingerprint density at radius 3 is 2.72 bits per heavy atom. The number of para-hydroxylation sites is 1. The highest BCUT2D eigenvalue weighted by Crippen LogP contribution is 2.19. The average molecular weight is 248 g/mol. The Balaban J connectivity index is 2.68. The Morgan fingerprint density at radius 1 is 1.33 bits per heavy atom. The van der Waals surface area contributed by atoms with Crippen molar-refractivity contribution in [3.8, 4) is 5.75 Å². The van der Waals surface area contributed by atoms with Crippen LogP contribution in [-0.4, -0.2) is 18.7 Å². The van der Waals surface area contributed by atoms with Gasteiger partial charge in [-0.05, 0) is 32.4 Å². The second kappa shape index (κ2) is 7.54. The fraction of sp³-hybridized carbons (Fsp3) is 0.400. The third-order valence-corrected chi connectivity index (χ3v) is 2.51. The van der Waals surface area contributed by atoms with E-state index in [9.17, 15) is 4.79 Å². The number of carbonyl (C=O) groups excluding carboxylic acids is 1. The summed E-state index contributed by atoms with van der Waals surface area (Å²) in [7, 11) is 0. The first-order valence-corrected chi connectivity index (χ1v) is 6.27. The minimum absolute atomic E-state index is 0.0516. The van der Waals surface area contributed by atoms with E-state index in [-0.39, 0.29) is 12.1 Å². The molecule has 0 bridgehead atoms. The third kappa shape index (κ3) is 4.62. The monoisotopic (exact) mass is 248 g/mol. The fourth-order valence-electron chi connectivity index (χ4n) is 1.38. The second-order valence-electron chi connectivity index (χ2n) is 3.96. The molecule has 3 nitrogen and oxygen atoms in total. The van der Waals surface area contributed by atoms with Crippen LogP contribution in [0.5, 0.6) is 5.75 Å². The number of hydrogen-bond donors (Lipinski definition) is 0. The molecule has 98 valence electrons. The molecule has 0 fully saturated rings. The van der Waals surface area contributed by atoms with Crippen LogP contribution in [0.3, 0.4) is 0 Å². The van der Waals surface area contributed by atoms with Crippen LogP contribution >= 0.6 is 0 Å². The van der Waals surface area contributed by atoms with Crippen molar-refractivity contribution in [3.05, 3.63) is 35.9 Å². The summed E-state index contributed by atoms with van der Waals surface area (Å²) in [6.45, 7) is 6.38. The number of hydrogen-bond acceptors (Lipinski definition) is 3. The number of carbonyl (C=O) groups is 1. The molecule has 0 aliphatic carbocycles. The van der Waals surface area contributed by atoms with E-state index in [1.165, 1.54) is 6.08 Å². The predicted octanol–water partition coefficient (Wildman–Crippen LogP) is 3.44. The van der Waals surface area contributed by atoms with Gasteiger partial charge >= 0.3 is 5.97 Å². The lowest BCUT2D eigenvalue weighted by atomic mass is 10.2. The van der Waals surface area contributed by atoms with Crippen molar-refractivity contribution in [1.29, 1.82) is 0 Å². The van der Waals surface area contributed by atoms with Crippen LogP contribution in [0.25, 0.3) is 6.08 Å². The van der Waals surface area contributed by atoms with Crippen molar-refractivity contribution < 1.29 is 14.3 Å². The molecule has 0 N–H and O–H groups in total. The maximum Gasteiger partial charge on any atom is 0.331 e. The molecule has 0 aromatic heterocycles. The molecule has 3 heteroatoms. The number of benzene rings is 1. The van der Waals surface area contributed by atoms with E-state index in [2.05, 4.69) is 0 Å². The third-order valence-electron chi connectivity index (χ3n) is 2.51. The molecular weight excluding hydrogens is 228 g/mol. The molecule has 1 rings (SSSR count). The van der Waals surface area contributed by atoms with E-state index in [0.29, 0.717) is 6.61 Å². The first kappa shape index (κ1) is 14.3. The Morgan fingerprint density at radius 2 is 2.06 bits per heavy atom. The van der Waals surface area contributed by atoms with E-state index in [0.717, 1.165) is 17.7 Å². The lowest BCUT2D eigenvalue weighted by Gasteiger charge is -2.08. The van der Waals surface area contributed by atoms with Gasteiger partial charge in [0.2, 0.25) is 0 Å². The van der Waals surface area contributed by atoms with Crippen molar-refractivity contribution in [2.75, 3.05) is 6.61 Å². The summed E-state index contributed by atoms with van der Waals surface area (Å²) in [6, 6.07) is 7.59. The zero-order valence-electron chi connectivity index (χ0n) is 11.2. The van der Waals surface area contributed by atoms with Gasteiger partial charge in [0, 0.05) is 11.6 Å². The molecule has 1 aromatic rings. The van der Waals surface area contributed by atoms with Gasteiger partial charge in [-0.3, -0.25) is 0 Å². The molecular formula is C15H20O3. The van der Waals surface area contributed by atoms with Crippen LogP contribution < -0.4 is 4.74 Å². The summed E-state index contributed by atoms with van der Waals surface area (Å²) in [6.07, 6.45) is 3.92. The van der Waals surface area contributed by atoms with Gasteiger partial charge in [0.25, 0.3) is 0 Å². The summed E-state index contributed by atoms with van der Waals surface area (Å²) < 4.78 is 10.6. The van der Waals surface area contributed by atoms with Gasteiger partial charge in [0.15, 0.2) is 0 Å². The van der Waals surface area contributed by atoms with E-state index in [4.69, 9.17) is 9.47 Å².